The Hall–Kier alpha value is -2.29. The first kappa shape index (κ1) is 14.6. The van der Waals surface area contributed by atoms with Gasteiger partial charge in [0, 0.05) is 12.8 Å². The Balaban J connectivity index is 2.15. The lowest BCUT2D eigenvalue weighted by Gasteiger charge is -2.08. The lowest BCUT2D eigenvalue weighted by atomic mass is 10.3. The van der Waals surface area contributed by atoms with Crippen molar-refractivity contribution in [1.29, 1.82) is 0 Å². The van der Waals surface area contributed by atoms with Gasteiger partial charge in [-0.1, -0.05) is 19.1 Å². The number of hydrogen-bond donors (Lipinski definition) is 0. The minimum absolute atomic E-state index is 0.0275. The van der Waals surface area contributed by atoms with E-state index >= 15 is 0 Å². The van der Waals surface area contributed by atoms with E-state index in [2.05, 4.69) is 20.5 Å². The van der Waals surface area contributed by atoms with Gasteiger partial charge in [0.05, 0.1) is 17.6 Å². The first-order valence-electron chi connectivity index (χ1n) is 6.91. The van der Waals surface area contributed by atoms with Crippen LogP contribution in [0.15, 0.2) is 29.4 Å². The molecule has 0 aliphatic heterocycles. The molecule has 0 radical (unpaired) electrons. The van der Waals surface area contributed by atoms with Crippen molar-refractivity contribution >= 4 is 20.9 Å². The molecule has 0 N–H and O–H groups in total. The summed E-state index contributed by atoms with van der Waals surface area (Å²) in [6, 6.07) is 7.30. The largest absolute Gasteiger partial charge is 0.307 e. The molecule has 2 aromatic heterocycles. The van der Waals surface area contributed by atoms with Gasteiger partial charge >= 0.3 is 0 Å². The van der Waals surface area contributed by atoms with Gasteiger partial charge in [-0.2, -0.15) is 0 Å². The Kier molecular flexibility index (Phi) is 3.65. The summed E-state index contributed by atoms with van der Waals surface area (Å²) in [6.45, 7) is 2.97. The van der Waals surface area contributed by atoms with Gasteiger partial charge in [0.15, 0.2) is 5.82 Å². The molecular weight excluding hydrogens is 304 g/mol. The number of para-hydroxylation sites is 2. The standard InChI is InChI=1S/C13H16N6O2S/c1-3-8-19-12(15-16-17-19)9-18-11-7-5-4-6-10(11)14-13(18)22(2,20)21/h4-7H,3,8-9H2,1-2H3. The van der Waals surface area contributed by atoms with Crippen molar-refractivity contribution in [1.82, 2.24) is 29.8 Å². The van der Waals surface area contributed by atoms with Crippen molar-refractivity contribution in [2.24, 2.45) is 0 Å². The van der Waals surface area contributed by atoms with Crippen LogP contribution in [-0.4, -0.2) is 44.4 Å². The van der Waals surface area contributed by atoms with E-state index in [0.29, 0.717) is 17.9 Å². The van der Waals surface area contributed by atoms with E-state index in [1.807, 2.05) is 25.1 Å². The van der Waals surface area contributed by atoms with Crippen molar-refractivity contribution in [3.8, 4) is 0 Å². The van der Waals surface area contributed by atoms with Crippen molar-refractivity contribution in [3.05, 3.63) is 30.1 Å². The van der Waals surface area contributed by atoms with Gasteiger partial charge in [0.1, 0.15) is 0 Å². The number of rotatable bonds is 5. The molecule has 3 aromatic rings. The van der Waals surface area contributed by atoms with E-state index in [9.17, 15) is 8.42 Å². The second-order valence-electron chi connectivity index (χ2n) is 5.06. The molecule has 9 heteroatoms. The molecule has 0 aliphatic carbocycles. The third-order valence-corrected chi connectivity index (χ3v) is 4.27. The fourth-order valence-corrected chi connectivity index (χ4v) is 3.18. The fraction of sp³-hybridized carbons (Fsp3) is 0.385. The van der Waals surface area contributed by atoms with Crippen LogP contribution in [-0.2, 0) is 22.9 Å². The Bertz CT molecular complexity index is 912. The van der Waals surface area contributed by atoms with Crippen LogP contribution in [0.5, 0.6) is 0 Å². The molecule has 1 aromatic carbocycles. The minimum Gasteiger partial charge on any atom is -0.307 e. The van der Waals surface area contributed by atoms with Crippen LogP contribution in [0.3, 0.4) is 0 Å². The molecule has 8 nitrogen and oxygen atoms in total. The van der Waals surface area contributed by atoms with Gasteiger partial charge in [-0.15, -0.1) is 5.10 Å². The summed E-state index contributed by atoms with van der Waals surface area (Å²) < 4.78 is 27.4. The molecule has 0 aliphatic rings. The van der Waals surface area contributed by atoms with Crippen LogP contribution >= 0.6 is 0 Å². The van der Waals surface area contributed by atoms with Crippen LogP contribution in [0, 0.1) is 0 Å². The molecule has 116 valence electrons. The van der Waals surface area contributed by atoms with E-state index in [-0.39, 0.29) is 11.7 Å². The average Bonchev–Trinajstić information content (AvgIpc) is 3.05. The maximum absolute atomic E-state index is 12.0. The topological polar surface area (TPSA) is 95.6 Å². The number of hydrogen-bond acceptors (Lipinski definition) is 6. The lowest BCUT2D eigenvalue weighted by Crippen LogP contribution is -2.14. The van der Waals surface area contributed by atoms with Crippen molar-refractivity contribution in [2.45, 2.75) is 31.6 Å². The highest BCUT2D eigenvalue weighted by atomic mass is 32.2. The smallest absolute Gasteiger partial charge is 0.228 e. The first-order valence-corrected chi connectivity index (χ1v) is 8.80. The quantitative estimate of drug-likeness (QED) is 0.692. The summed E-state index contributed by atoms with van der Waals surface area (Å²) in [5, 5.41) is 11.6. The lowest BCUT2D eigenvalue weighted by molar-refractivity contribution is 0.532. The molecule has 0 fully saturated rings. The molecule has 0 saturated heterocycles. The van der Waals surface area contributed by atoms with Gasteiger partial charge in [-0.25, -0.2) is 18.1 Å². The SMILES string of the molecule is CCCn1nnnc1Cn1c(S(C)(=O)=O)nc2ccccc21. The number of imidazole rings is 1. The summed E-state index contributed by atoms with van der Waals surface area (Å²) in [5.74, 6) is 0.606. The maximum Gasteiger partial charge on any atom is 0.228 e. The number of nitrogens with zero attached hydrogens (tertiary/aromatic N) is 6. The molecule has 0 bridgehead atoms. The van der Waals surface area contributed by atoms with Crippen LogP contribution in [0.2, 0.25) is 0 Å². The normalized spacial score (nSPS) is 12.1. The highest BCUT2D eigenvalue weighted by molar-refractivity contribution is 7.90. The Labute approximate surface area is 127 Å². The zero-order chi connectivity index (χ0) is 15.7. The van der Waals surface area contributed by atoms with Gasteiger partial charge in [-0.05, 0) is 29.0 Å². The van der Waals surface area contributed by atoms with E-state index < -0.39 is 9.84 Å². The number of aromatic nitrogens is 6. The number of aryl methyl sites for hydroxylation is 1. The summed E-state index contributed by atoms with van der Waals surface area (Å²) >= 11 is 0. The zero-order valence-electron chi connectivity index (χ0n) is 12.3. The molecule has 0 atom stereocenters. The van der Waals surface area contributed by atoms with Gasteiger partial charge in [0.2, 0.25) is 15.0 Å². The summed E-state index contributed by atoms with van der Waals surface area (Å²) in [6.07, 6.45) is 2.04. The Morgan fingerprint density at radius 3 is 2.73 bits per heavy atom. The van der Waals surface area contributed by atoms with Gasteiger partial charge < -0.3 is 4.57 Å². The van der Waals surface area contributed by atoms with Crippen LogP contribution in [0.4, 0.5) is 0 Å². The van der Waals surface area contributed by atoms with Gasteiger partial charge in [0.25, 0.3) is 0 Å². The molecule has 0 spiro atoms. The molecule has 0 saturated carbocycles. The molecule has 0 unspecified atom stereocenters. The van der Waals surface area contributed by atoms with Gasteiger partial charge in [-0.3, -0.25) is 0 Å². The second-order valence-corrected chi connectivity index (χ2v) is 6.97. The minimum atomic E-state index is -3.45. The molecule has 3 rings (SSSR count). The van der Waals surface area contributed by atoms with E-state index in [4.69, 9.17) is 0 Å². The summed E-state index contributed by atoms with van der Waals surface area (Å²) in [5.41, 5.74) is 1.38. The third-order valence-electron chi connectivity index (χ3n) is 3.29. The zero-order valence-corrected chi connectivity index (χ0v) is 13.2. The highest BCUT2D eigenvalue weighted by Gasteiger charge is 2.21. The predicted molar refractivity (Wildman–Crippen MR) is 80.1 cm³/mol. The van der Waals surface area contributed by atoms with Crippen LogP contribution in [0.1, 0.15) is 19.2 Å². The van der Waals surface area contributed by atoms with E-state index in [1.54, 1.807) is 15.3 Å². The molecule has 2 heterocycles. The number of sulfone groups is 1. The Morgan fingerprint density at radius 1 is 1.23 bits per heavy atom. The fourth-order valence-electron chi connectivity index (χ4n) is 2.35. The summed E-state index contributed by atoms with van der Waals surface area (Å²) in [7, 11) is -3.45. The monoisotopic (exact) mass is 320 g/mol. The predicted octanol–water partition coefficient (Wildman–Crippen LogP) is 0.885. The maximum atomic E-state index is 12.0. The average molecular weight is 320 g/mol. The molecular formula is C13H16N6O2S. The van der Waals surface area contributed by atoms with Crippen molar-refractivity contribution in [2.75, 3.05) is 6.26 Å². The van der Waals surface area contributed by atoms with Crippen LogP contribution < -0.4 is 0 Å². The third kappa shape index (κ3) is 2.59. The number of tetrazole rings is 1. The number of fused-ring (bicyclic) bond motifs is 1. The van der Waals surface area contributed by atoms with Crippen molar-refractivity contribution < 1.29 is 8.42 Å². The Morgan fingerprint density at radius 2 is 2.00 bits per heavy atom. The van der Waals surface area contributed by atoms with E-state index in [1.165, 1.54) is 0 Å². The molecule has 22 heavy (non-hydrogen) atoms. The van der Waals surface area contributed by atoms with Crippen molar-refractivity contribution in [3.63, 3.8) is 0 Å². The highest BCUT2D eigenvalue weighted by Crippen LogP contribution is 2.20. The summed E-state index contributed by atoms with van der Waals surface area (Å²) in [4.78, 5) is 4.24. The number of benzene rings is 1. The molecule has 0 amide bonds. The first-order chi connectivity index (χ1) is 10.5. The second kappa shape index (κ2) is 5.48. The van der Waals surface area contributed by atoms with Crippen LogP contribution in [0.25, 0.3) is 11.0 Å². The van der Waals surface area contributed by atoms with E-state index in [0.717, 1.165) is 18.2 Å².